The Bertz CT molecular complexity index is 1660. The molecule has 3 N–H and O–H groups in total. The van der Waals surface area contributed by atoms with Gasteiger partial charge in [-0.05, 0) is 74.6 Å². The quantitative estimate of drug-likeness (QED) is 0.0730. The molecular weight excluding hydrogens is 718 g/mol. The summed E-state index contributed by atoms with van der Waals surface area (Å²) in [4.78, 5) is 34.8. The van der Waals surface area contributed by atoms with Crippen molar-refractivity contribution in [3.05, 3.63) is 77.9 Å². The largest absolute Gasteiger partial charge is 0.494 e. The second-order valence-corrected chi connectivity index (χ2v) is 13.6. The van der Waals surface area contributed by atoms with Crippen LogP contribution in [0.3, 0.4) is 0 Å². The number of hydrogen-bond acceptors (Lipinski definition) is 14. The van der Waals surface area contributed by atoms with Gasteiger partial charge in [0.15, 0.2) is 5.84 Å². The highest BCUT2D eigenvalue weighted by atomic mass is 16.5. The van der Waals surface area contributed by atoms with Gasteiger partial charge in [-0.3, -0.25) is 15.0 Å². The lowest BCUT2D eigenvalue weighted by Crippen LogP contribution is -2.42. The Balaban J connectivity index is 0.920. The third kappa shape index (κ3) is 13.9. The van der Waals surface area contributed by atoms with Crippen molar-refractivity contribution in [3.63, 3.8) is 0 Å². The number of esters is 1. The van der Waals surface area contributed by atoms with Crippen LogP contribution < -0.4 is 25.5 Å². The molecule has 1 unspecified atom stereocenters. The lowest BCUT2D eigenvalue weighted by molar-refractivity contribution is -0.140. The summed E-state index contributed by atoms with van der Waals surface area (Å²) in [5, 5.41) is 11.1. The van der Waals surface area contributed by atoms with Crippen molar-refractivity contribution in [2.75, 3.05) is 78.9 Å². The van der Waals surface area contributed by atoms with E-state index in [4.69, 9.17) is 23.7 Å². The van der Waals surface area contributed by atoms with Gasteiger partial charge >= 0.3 is 5.97 Å². The Kier molecular flexibility index (Phi) is 17.9. The number of nitrogens with one attached hydrogen (secondary N) is 3. The predicted octanol–water partition coefficient (Wildman–Crippen LogP) is 5.09. The Morgan fingerprint density at radius 1 is 0.893 bits per heavy atom. The highest BCUT2D eigenvalue weighted by Crippen LogP contribution is 2.35. The number of benzene rings is 2. The molecule has 0 saturated heterocycles. The summed E-state index contributed by atoms with van der Waals surface area (Å²) in [6.45, 7) is 5.32. The van der Waals surface area contributed by atoms with E-state index in [1.807, 2.05) is 60.5 Å². The van der Waals surface area contributed by atoms with Crippen molar-refractivity contribution in [3.8, 4) is 11.5 Å². The fourth-order valence-corrected chi connectivity index (χ4v) is 6.27. The first-order valence-corrected chi connectivity index (χ1v) is 19.7. The van der Waals surface area contributed by atoms with Gasteiger partial charge in [-0.2, -0.15) is 5.10 Å². The van der Waals surface area contributed by atoms with Crippen molar-refractivity contribution in [1.29, 1.82) is 0 Å². The lowest BCUT2D eigenvalue weighted by atomic mass is 9.99. The van der Waals surface area contributed by atoms with Crippen LogP contribution in [0.1, 0.15) is 85.4 Å². The van der Waals surface area contributed by atoms with Crippen LogP contribution in [-0.2, 0) is 23.7 Å². The van der Waals surface area contributed by atoms with Gasteiger partial charge in [0.1, 0.15) is 29.7 Å². The summed E-state index contributed by atoms with van der Waals surface area (Å²) >= 11 is 0. The number of hydrogen-bond donors (Lipinski definition) is 3. The number of amides is 1. The number of likely N-dealkylation sites (N-methyl/N-ethyl adjacent to an activating group) is 1. The summed E-state index contributed by atoms with van der Waals surface area (Å²) < 4.78 is 33.5. The number of carbonyl (C=O) groups is 2. The lowest BCUT2D eigenvalue weighted by Gasteiger charge is -2.27. The van der Waals surface area contributed by atoms with E-state index in [9.17, 15) is 9.59 Å². The Labute approximate surface area is 329 Å². The maximum Gasteiger partial charge on any atom is 0.305 e. The number of amidine groups is 1. The standard InChI is InChI=1S/C41H57N7O8/c1-48-38(46-47-40(48)36-16-18-42-30-44-36)29-43-32-12-10-11-31(27-32)41(50)45-35-17-22-56-37-15-14-33(28-34(35)37)55-21-9-4-3-7-19-52-23-25-54-26-24-53-20-8-5-6-13-39(49)51-2/h10-12,14-16,18,27-28,30,35,38,43,46H,3-9,13,17,19-26,29H2,1-2H3,(H,45,50)/t35-,38?/m1/s1. The van der Waals surface area contributed by atoms with Gasteiger partial charge in [0.05, 0.1) is 59.3 Å². The van der Waals surface area contributed by atoms with Crippen LogP contribution in [0.5, 0.6) is 11.5 Å². The Hall–Kier alpha value is -4.99. The van der Waals surface area contributed by atoms with Crippen molar-refractivity contribution in [2.24, 2.45) is 5.10 Å². The maximum atomic E-state index is 13.5. The first kappa shape index (κ1) is 42.2. The van der Waals surface area contributed by atoms with E-state index in [0.717, 1.165) is 79.2 Å². The minimum absolute atomic E-state index is 0.0872. The van der Waals surface area contributed by atoms with Crippen molar-refractivity contribution >= 4 is 23.4 Å². The average Bonchev–Trinajstić information content (AvgIpc) is 3.60. The smallest absolute Gasteiger partial charge is 0.305 e. The minimum Gasteiger partial charge on any atom is -0.494 e. The predicted molar refractivity (Wildman–Crippen MR) is 212 cm³/mol. The molecule has 5 rings (SSSR count). The molecule has 0 radical (unpaired) electrons. The van der Waals surface area contributed by atoms with Crippen molar-refractivity contribution in [1.82, 2.24) is 25.6 Å². The highest BCUT2D eigenvalue weighted by Gasteiger charge is 2.27. The zero-order valence-corrected chi connectivity index (χ0v) is 32.7. The van der Waals surface area contributed by atoms with Crippen LogP contribution in [0.15, 0.2) is 66.2 Å². The van der Waals surface area contributed by atoms with E-state index < -0.39 is 0 Å². The van der Waals surface area contributed by atoms with Crippen LogP contribution in [0.4, 0.5) is 5.69 Å². The number of anilines is 1. The zero-order valence-electron chi connectivity index (χ0n) is 32.7. The number of ether oxygens (including phenoxy) is 6. The number of fused-ring (bicyclic) bond motifs is 1. The molecule has 0 fully saturated rings. The molecule has 1 amide bonds. The SMILES string of the molecule is COC(=O)CCCCCOCCOCCOCCCCCCOc1ccc2c(c1)[C@H](NC(=O)c1cccc(NCC3NN=C(c4ccncn4)N3C)c1)CCO2. The second-order valence-electron chi connectivity index (χ2n) is 13.6. The van der Waals surface area contributed by atoms with Gasteiger partial charge in [0.25, 0.3) is 5.91 Å². The number of unbranched alkanes of at least 4 members (excludes halogenated alkanes) is 5. The highest BCUT2D eigenvalue weighted by molar-refractivity contribution is 5.98. The van der Waals surface area contributed by atoms with E-state index in [-0.39, 0.29) is 24.1 Å². The molecule has 15 nitrogen and oxygen atoms in total. The number of nitrogens with zero attached hydrogens (tertiary/aromatic N) is 4. The summed E-state index contributed by atoms with van der Waals surface area (Å²) in [7, 11) is 3.37. The van der Waals surface area contributed by atoms with Gasteiger partial charge in [0.2, 0.25) is 0 Å². The van der Waals surface area contributed by atoms with Gasteiger partial charge in [-0.1, -0.05) is 18.9 Å². The van der Waals surface area contributed by atoms with Gasteiger partial charge in [0, 0.05) is 56.1 Å². The molecule has 2 atom stereocenters. The molecule has 0 bridgehead atoms. The van der Waals surface area contributed by atoms with E-state index in [0.29, 0.717) is 77.8 Å². The van der Waals surface area contributed by atoms with Crippen molar-refractivity contribution < 1.29 is 38.0 Å². The molecule has 2 aromatic carbocycles. The molecule has 0 aliphatic carbocycles. The summed E-state index contributed by atoms with van der Waals surface area (Å²) in [6, 6.07) is 15.0. The molecule has 15 heteroatoms. The number of hydrazone groups is 1. The number of aromatic nitrogens is 2. The molecule has 1 aromatic heterocycles. The molecule has 56 heavy (non-hydrogen) atoms. The third-order valence-corrected chi connectivity index (χ3v) is 9.48. The number of methoxy groups -OCH3 is 1. The summed E-state index contributed by atoms with van der Waals surface area (Å²) in [5.41, 5.74) is 6.21. The van der Waals surface area contributed by atoms with Gasteiger partial charge < -0.3 is 44.0 Å². The molecular formula is C41H57N7O8. The zero-order chi connectivity index (χ0) is 39.2. The van der Waals surface area contributed by atoms with E-state index >= 15 is 0 Å². The van der Waals surface area contributed by atoms with Crippen LogP contribution in [0.2, 0.25) is 0 Å². The Morgan fingerprint density at radius 3 is 2.39 bits per heavy atom. The maximum absolute atomic E-state index is 13.5. The molecule has 0 saturated carbocycles. The fraction of sp³-hybridized carbons (Fsp3) is 0.537. The Morgan fingerprint density at radius 2 is 1.64 bits per heavy atom. The summed E-state index contributed by atoms with van der Waals surface area (Å²) in [5.74, 6) is 1.96. The molecule has 3 aromatic rings. The molecule has 3 heterocycles. The minimum atomic E-state index is -0.194. The van der Waals surface area contributed by atoms with Crippen LogP contribution in [0.25, 0.3) is 0 Å². The average molecular weight is 776 g/mol. The van der Waals surface area contributed by atoms with E-state index in [2.05, 4.69) is 35.9 Å². The first-order valence-electron chi connectivity index (χ1n) is 19.7. The first-order chi connectivity index (χ1) is 27.5. The topological polar surface area (TPSA) is 167 Å². The van der Waals surface area contributed by atoms with Crippen LogP contribution in [0, 0.1) is 0 Å². The van der Waals surface area contributed by atoms with E-state index in [1.165, 1.54) is 13.4 Å². The normalized spacial score (nSPS) is 16.0. The number of rotatable bonds is 26. The number of carbonyl (C=O) groups excluding carboxylic acids is 2. The van der Waals surface area contributed by atoms with Gasteiger partial charge in [-0.25, -0.2) is 9.97 Å². The van der Waals surface area contributed by atoms with Crippen LogP contribution in [-0.4, -0.2) is 112 Å². The van der Waals surface area contributed by atoms with E-state index in [1.54, 1.807) is 6.20 Å². The monoisotopic (exact) mass is 775 g/mol. The van der Waals surface area contributed by atoms with Crippen LogP contribution >= 0.6 is 0 Å². The van der Waals surface area contributed by atoms with Crippen molar-refractivity contribution in [2.45, 2.75) is 70.0 Å². The molecule has 2 aliphatic heterocycles. The second kappa shape index (κ2) is 23.8. The molecule has 2 aliphatic rings. The molecule has 0 spiro atoms. The molecule has 304 valence electrons. The van der Waals surface area contributed by atoms with Gasteiger partial charge in [-0.15, -0.1) is 0 Å². The third-order valence-electron chi connectivity index (χ3n) is 9.48. The summed E-state index contributed by atoms with van der Waals surface area (Å²) in [6.07, 6.45) is 11.0. The fourth-order valence-electron chi connectivity index (χ4n) is 6.27.